The van der Waals surface area contributed by atoms with Crippen LogP contribution in [0.5, 0.6) is 0 Å². The minimum Gasteiger partial charge on any atom is -0.394 e. The van der Waals surface area contributed by atoms with E-state index in [-0.39, 0.29) is 35.5 Å². The molecule has 0 aromatic rings. The summed E-state index contributed by atoms with van der Waals surface area (Å²) in [4.78, 5) is 0. The van der Waals surface area contributed by atoms with Crippen molar-refractivity contribution in [2.75, 3.05) is 13.2 Å². The van der Waals surface area contributed by atoms with Crippen LogP contribution >= 0.6 is 0 Å². The standard InChI is InChI=1S/C34H60O10/c1-17(2)19(10-13-43-31-29(41)26(38)23(16-35)44-31)7-6-18(3)25-27(39)28(40)30-33(25,5)12-9-24-32(4)11-8-20(36)14-21(32)22(37)15-34(24,30)42/h17-31,35-42H,6-16H2,1-5H3/t18-,19+,20+,21-,22+,23+,24-,25+,26+,27-,28+,29-,30-,31-,32+,33-,34+/m1/s1. The van der Waals surface area contributed by atoms with E-state index < -0.39 is 72.6 Å². The number of ether oxygens (including phenoxy) is 2. The molecule has 10 heteroatoms. The molecule has 0 radical (unpaired) electrons. The van der Waals surface area contributed by atoms with Gasteiger partial charge in [0.2, 0.25) is 0 Å². The lowest BCUT2D eigenvalue weighted by Gasteiger charge is -2.65. The third-order valence-corrected chi connectivity index (χ3v) is 13.6. The lowest BCUT2D eigenvalue weighted by Crippen LogP contribution is -2.68. The van der Waals surface area contributed by atoms with Crippen molar-refractivity contribution in [2.24, 2.45) is 52.3 Å². The van der Waals surface area contributed by atoms with Crippen molar-refractivity contribution in [2.45, 2.75) is 147 Å². The van der Waals surface area contributed by atoms with Gasteiger partial charge in [-0.3, -0.25) is 0 Å². The Bertz CT molecular complexity index is 982. The predicted octanol–water partition coefficient (Wildman–Crippen LogP) is 1.57. The molecule has 5 rings (SSSR count). The summed E-state index contributed by atoms with van der Waals surface area (Å²) in [5.41, 5.74) is -2.11. The lowest BCUT2D eigenvalue weighted by molar-refractivity contribution is -0.264. The second-order valence-electron chi connectivity index (χ2n) is 16.3. The first-order valence-corrected chi connectivity index (χ1v) is 17.3. The van der Waals surface area contributed by atoms with Gasteiger partial charge in [-0.1, -0.05) is 41.0 Å². The van der Waals surface area contributed by atoms with Crippen molar-refractivity contribution in [3.05, 3.63) is 0 Å². The average Bonchev–Trinajstić information content (AvgIpc) is 3.34. The number of aliphatic hydroxyl groups is 8. The van der Waals surface area contributed by atoms with E-state index in [0.29, 0.717) is 31.3 Å². The third kappa shape index (κ3) is 5.71. The zero-order chi connectivity index (χ0) is 32.4. The average molecular weight is 629 g/mol. The molecule has 1 aliphatic heterocycles. The highest BCUT2D eigenvalue weighted by molar-refractivity contribution is 5.21. The minimum atomic E-state index is -1.29. The van der Waals surface area contributed by atoms with E-state index in [4.69, 9.17) is 9.47 Å². The lowest BCUT2D eigenvalue weighted by atomic mass is 9.42. The van der Waals surface area contributed by atoms with E-state index >= 15 is 0 Å². The van der Waals surface area contributed by atoms with Crippen LogP contribution in [0.25, 0.3) is 0 Å². The van der Waals surface area contributed by atoms with Crippen LogP contribution in [0.3, 0.4) is 0 Å². The fraction of sp³-hybridized carbons (Fsp3) is 1.00. The van der Waals surface area contributed by atoms with Gasteiger partial charge >= 0.3 is 0 Å². The maximum atomic E-state index is 12.5. The molecule has 0 aromatic heterocycles. The van der Waals surface area contributed by atoms with Gasteiger partial charge in [0, 0.05) is 12.3 Å². The molecule has 1 saturated heterocycles. The molecule has 8 N–H and O–H groups in total. The summed E-state index contributed by atoms with van der Waals surface area (Å²) in [5, 5.41) is 87.0. The molecule has 1 heterocycles. The zero-order valence-corrected chi connectivity index (χ0v) is 27.3. The summed E-state index contributed by atoms with van der Waals surface area (Å²) < 4.78 is 11.2. The highest BCUT2D eigenvalue weighted by Crippen LogP contribution is 2.69. The van der Waals surface area contributed by atoms with Gasteiger partial charge in [-0.2, -0.15) is 0 Å². The Hall–Kier alpha value is -0.400. The second kappa shape index (κ2) is 12.9. The molecular weight excluding hydrogens is 568 g/mol. The van der Waals surface area contributed by atoms with Gasteiger partial charge in [-0.15, -0.1) is 0 Å². The van der Waals surface area contributed by atoms with Gasteiger partial charge in [0.25, 0.3) is 0 Å². The summed E-state index contributed by atoms with van der Waals surface area (Å²) in [5.74, 6) is -0.187. The van der Waals surface area contributed by atoms with Crippen molar-refractivity contribution < 1.29 is 50.3 Å². The van der Waals surface area contributed by atoms with Crippen molar-refractivity contribution in [3.63, 3.8) is 0 Å². The van der Waals surface area contributed by atoms with Crippen LogP contribution in [0.4, 0.5) is 0 Å². The van der Waals surface area contributed by atoms with Crippen LogP contribution < -0.4 is 0 Å². The van der Waals surface area contributed by atoms with E-state index in [1.807, 2.05) is 0 Å². The van der Waals surface area contributed by atoms with Gasteiger partial charge in [-0.05, 0) is 91.3 Å². The molecule has 4 saturated carbocycles. The molecule has 0 bridgehead atoms. The van der Waals surface area contributed by atoms with Crippen LogP contribution in [0.15, 0.2) is 0 Å². The summed E-state index contributed by atoms with van der Waals surface area (Å²) in [7, 11) is 0. The smallest absolute Gasteiger partial charge is 0.186 e. The summed E-state index contributed by atoms with van der Waals surface area (Å²) >= 11 is 0. The van der Waals surface area contributed by atoms with E-state index in [1.54, 1.807) is 0 Å². The molecule has 4 aliphatic carbocycles. The van der Waals surface area contributed by atoms with Crippen LogP contribution in [-0.2, 0) is 9.47 Å². The van der Waals surface area contributed by atoms with Crippen molar-refractivity contribution in [1.82, 2.24) is 0 Å². The predicted molar refractivity (Wildman–Crippen MR) is 162 cm³/mol. The molecule has 5 fully saturated rings. The van der Waals surface area contributed by atoms with Crippen molar-refractivity contribution in [1.29, 1.82) is 0 Å². The first-order valence-electron chi connectivity index (χ1n) is 17.3. The van der Waals surface area contributed by atoms with Gasteiger partial charge in [0.1, 0.15) is 18.3 Å². The quantitative estimate of drug-likeness (QED) is 0.177. The molecule has 256 valence electrons. The number of hydrogen-bond acceptors (Lipinski definition) is 10. The topological polar surface area (TPSA) is 180 Å². The maximum Gasteiger partial charge on any atom is 0.186 e. The first kappa shape index (κ1) is 34.9. The van der Waals surface area contributed by atoms with E-state index in [1.165, 1.54) is 0 Å². The van der Waals surface area contributed by atoms with Gasteiger partial charge in [0.15, 0.2) is 6.29 Å². The molecule has 17 atom stereocenters. The highest BCUT2D eigenvalue weighted by Gasteiger charge is 2.72. The Kier molecular flexibility index (Phi) is 10.2. The summed E-state index contributed by atoms with van der Waals surface area (Å²) in [6.45, 7) is 10.7. The molecule has 0 aromatic carbocycles. The SMILES string of the molecule is CC(C)[C@H](CCO[C@@H]1O[C@@H](CO)[C@H](O)[C@H]1O)CC[C@@H](C)[C@H]1[C@@H](O)[C@H](O)[C@@H]2[C@]1(C)CC[C@@H]1[C@@]3(C)CC[C@H](O)C[C@@H]3[C@@H](O)C[C@]12O. The maximum absolute atomic E-state index is 12.5. The van der Waals surface area contributed by atoms with Crippen LogP contribution in [-0.4, -0.2) is 109 Å². The Balaban J connectivity index is 1.25. The van der Waals surface area contributed by atoms with Gasteiger partial charge < -0.3 is 50.3 Å². The van der Waals surface area contributed by atoms with E-state index in [0.717, 1.165) is 38.5 Å². The van der Waals surface area contributed by atoms with Crippen molar-refractivity contribution >= 4 is 0 Å². The van der Waals surface area contributed by atoms with E-state index in [2.05, 4.69) is 34.6 Å². The molecule has 0 unspecified atom stereocenters. The number of hydrogen-bond donors (Lipinski definition) is 8. The normalized spacial score (nSPS) is 52.0. The Labute approximate surface area is 262 Å². The molecule has 10 nitrogen and oxygen atoms in total. The number of aliphatic hydroxyl groups excluding tert-OH is 7. The summed E-state index contributed by atoms with van der Waals surface area (Å²) in [6.07, 6.45) is -1.37. The number of rotatable bonds is 10. The second-order valence-corrected chi connectivity index (χ2v) is 16.3. The van der Waals surface area contributed by atoms with Crippen molar-refractivity contribution in [3.8, 4) is 0 Å². The fourth-order valence-corrected chi connectivity index (χ4v) is 11.3. The Morgan fingerprint density at radius 2 is 1.52 bits per heavy atom. The monoisotopic (exact) mass is 628 g/mol. The molecule has 0 amide bonds. The number of fused-ring (bicyclic) bond motifs is 5. The summed E-state index contributed by atoms with van der Waals surface area (Å²) in [6, 6.07) is 0. The van der Waals surface area contributed by atoms with E-state index in [9.17, 15) is 40.9 Å². The largest absolute Gasteiger partial charge is 0.394 e. The van der Waals surface area contributed by atoms with Gasteiger partial charge in [0.05, 0.1) is 43.2 Å². The zero-order valence-electron chi connectivity index (χ0n) is 27.3. The highest BCUT2D eigenvalue weighted by atomic mass is 16.7. The molecule has 44 heavy (non-hydrogen) atoms. The van der Waals surface area contributed by atoms with Gasteiger partial charge in [-0.25, -0.2) is 0 Å². The molecule has 5 aliphatic rings. The Morgan fingerprint density at radius 3 is 2.16 bits per heavy atom. The minimum absolute atomic E-state index is 0.0825. The third-order valence-electron chi connectivity index (χ3n) is 13.6. The van der Waals surface area contributed by atoms with Crippen LogP contribution in [0.2, 0.25) is 0 Å². The fourth-order valence-electron chi connectivity index (χ4n) is 11.3. The van der Waals surface area contributed by atoms with Crippen LogP contribution in [0, 0.1) is 52.3 Å². The Morgan fingerprint density at radius 1 is 0.841 bits per heavy atom. The first-order chi connectivity index (χ1) is 20.6. The molecular formula is C34H60O10. The van der Waals surface area contributed by atoms with Crippen LogP contribution in [0.1, 0.15) is 92.4 Å². The molecule has 0 spiro atoms.